The van der Waals surface area contributed by atoms with E-state index in [1.807, 2.05) is 0 Å². The van der Waals surface area contributed by atoms with Crippen LogP contribution in [0.1, 0.15) is 64.2 Å². The van der Waals surface area contributed by atoms with Crippen LogP contribution in [0.25, 0.3) is 0 Å². The first-order chi connectivity index (χ1) is 8.95. The number of nitrogens with two attached hydrogens (primary N) is 2. The van der Waals surface area contributed by atoms with E-state index in [-0.39, 0.29) is 0 Å². The lowest BCUT2D eigenvalue weighted by atomic mass is 9.89. The fourth-order valence-electron chi connectivity index (χ4n) is 3.79. The lowest BCUT2D eigenvalue weighted by Gasteiger charge is -2.20. The van der Waals surface area contributed by atoms with Gasteiger partial charge in [0.05, 0.1) is 13.1 Å². The lowest BCUT2D eigenvalue weighted by molar-refractivity contribution is -0.728. The van der Waals surface area contributed by atoms with Gasteiger partial charge in [0.2, 0.25) is 0 Å². The molecule has 0 aromatic carbocycles. The van der Waals surface area contributed by atoms with Crippen LogP contribution in [0.4, 0.5) is 0 Å². The fourth-order valence-corrected chi connectivity index (χ4v) is 3.79. The molecular formula is C16H34N2+2. The second-order valence-corrected chi connectivity index (χ2v) is 6.63. The van der Waals surface area contributed by atoms with E-state index in [9.17, 15) is 0 Å². The molecule has 0 heterocycles. The molecule has 2 rings (SSSR count). The van der Waals surface area contributed by atoms with Crippen molar-refractivity contribution in [2.45, 2.75) is 64.2 Å². The molecule has 2 fully saturated rings. The molecule has 0 aromatic heterocycles. The van der Waals surface area contributed by atoms with Crippen molar-refractivity contribution >= 4 is 0 Å². The molecule has 106 valence electrons. The zero-order chi connectivity index (χ0) is 12.5. The van der Waals surface area contributed by atoms with Gasteiger partial charge in [-0.2, -0.15) is 0 Å². The highest BCUT2D eigenvalue weighted by Crippen LogP contribution is 2.22. The maximum absolute atomic E-state index is 2.58. The van der Waals surface area contributed by atoms with Gasteiger partial charge in [-0.05, 0) is 25.7 Å². The normalized spacial score (nSPS) is 23.3. The zero-order valence-corrected chi connectivity index (χ0v) is 12.2. The first kappa shape index (κ1) is 14.3. The van der Waals surface area contributed by atoms with Crippen LogP contribution in [0.15, 0.2) is 0 Å². The summed E-state index contributed by atoms with van der Waals surface area (Å²) in [6.07, 6.45) is 15.0. The molecule has 0 atom stereocenters. The minimum Gasteiger partial charge on any atom is -0.341 e. The molecule has 0 radical (unpaired) electrons. The van der Waals surface area contributed by atoms with E-state index < -0.39 is 0 Å². The van der Waals surface area contributed by atoms with E-state index in [0.717, 1.165) is 11.8 Å². The molecular weight excluding hydrogens is 220 g/mol. The third-order valence-electron chi connectivity index (χ3n) is 5.02. The summed E-state index contributed by atoms with van der Waals surface area (Å²) in [6, 6.07) is 0. The maximum Gasteiger partial charge on any atom is 0.125 e. The average Bonchev–Trinajstić information content (AvgIpc) is 2.45. The van der Waals surface area contributed by atoms with Gasteiger partial charge in [0.1, 0.15) is 13.1 Å². The van der Waals surface area contributed by atoms with Gasteiger partial charge in [0, 0.05) is 11.8 Å². The molecule has 0 bridgehead atoms. The average molecular weight is 254 g/mol. The molecule has 2 aliphatic carbocycles. The van der Waals surface area contributed by atoms with E-state index in [0.29, 0.717) is 0 Å². The largest absolute Gasteiger partial charge is 0.341 e. The van der Waals surface area contributed by atoms with Gasteiger partial charge in [-0.3, -0.25) is 0 Å². The number of hydrogen-bond acceptors (Lipinski definition) is 0. The summed E-state index contributed by atoms with van der Waals surface area (Å²) in [6.45, 7) is 5.47. The Labute approximate surface area is 113 Å². The van der Waals surface area contributed by atoms with Gasteiger partial charge in [0.25, 0.3) is 0 Å². The van der Waals surface area contributed by atoms with Crippen LogP contribution in [0, 0.1) is 11.8 Å². The zero-order valence-electron chi connectivity index (χ0n) is 12.2. The van der Waals surface area contributed by atoms with Crippen molar-refractivity contribution in [1.29, 1.82) is 0 Å². The standard InChI is InChI=1S/C16H32N2/c1-3-7-15(8-4-1)13-17-11-12-18-14-16-9-5-2-6-10-16/h15-18H,1-14H2/p+2. The van der Waals surface area contributed by atoms with Crippen molar-refractivity contribution in [3.8, 4) is 0 Å². The minimum absolute atomic E-state index is 1.04. The van der Waals surface area contributed by atoms with Gasteiger partial charge in [-0.25, -0.2) is 0 Å². The monoisotopic (exact) mass is 254 g/mol. The molecule has 0 aliphatic heterocycles. The molecule has 2 heteroatoms. The molecule has 2 nitrogen and oxygen atoms in total. The van der Waals surface area contributed by atoms with Crippen LogP contribution < -0.4 is 10.6 Å². The summed E-state index contributed by atoms with van der Waals surface area (Å²) in [4.78, 5) is 0. The minimum atomic E-state index is 1.04. The lowest BCUT2D eigenvalue weighted by Crippen LogP contribution is -2.95. The van der Waals surface area contributed by atoms with Crippen molar-refractivity contribution in [1.82, 2.24) is 0 Å². The predicted octanol–water partition coefficient (Wildman–Crippen LogP) is 1.27. The van der Waals surface area contributed by atoms with Gasteiger partial charge in [-0.15, -0.1) is 0 Å². The van der Waals surface area contributed by atoms with Crippen molar-refractivity contribution < 1.29 is 10.6 Å². The highest BCUT2D eigenvalue weighted by Gasteiger charge is 2.16. The maximum atomic E-state index is 2.58. The van der Waals surface area contributed by atoms with E-state index in [1.165, 1.54) is 90.4 Å². The summed E-state index contributed by atoms with van der Waals surface area (Å²) in [5.74, 6) is 2.08. The van der Waals surface area contributed by atoms with Crippen LogP contribution in [-0.2, 0) is 0 Å². The quantitative estimate of drug-likeness (QED) is 0.642. The Balaban J connectivity index is 1.39. The topological polar surface area (TPSA) is 33.2 Å². The molecule has 0 saturated heterocycles. The summed E-state index contributed by atoms with van der Waals surface area (Å²) in [5.41, 5.74) is 0. The SMILES string of the molecule is C1CCC(C[NH2+]CC[NH2+]CC2CCCCC2)CC1. The van der Waals surface area contributed by atoms with Crippen LogP contribution in [0.3, 0.4) is 0 Å². The van der Waals surface area contributed by atoms with Crippen LogP contribution >= 0.6 is 0 Å². The molecule has 0 unspecified atom stereocenters. The second-order valence-electron chi connectivity index (χ2n) is 6.63. The number of hydrogen-bond donors (Lipinski definition) is 2. The Hall–Kier alpha value is -0.0800. The number of rotatable bonds is 7. The summed E-state index contributed by atoms with van der Waals surface area (Å²) in [5, 5.41) is 5.15. The number of quaternary nitrogens is 2. The van der Waals surface area contributed by atoms with Gasteiger partial charge >= 0.3 is 0 Å². The first-order valence-corrected chi connectivity index (χ1v) is 8.58. The van der Waals surface area contributed by atoms with Crippen molar-refractivity contribution in [3.05, 3.63) is 0 Å². The Morgan fingerprint density at radius 1 is 0.556 bits per heavy atom. The van der Waals surface area contributed by atoms with E-state index in [2.05, 4.69) is 10.6 Å². The van der Waals surface area contributed by atoms with E-state index >= 15 is 0 Å². The predicted molar refractivity (Wildman–Crippen MR) is 76.5 cm³/mol. The fraction of sp³-hybridized carbons (Fsp3) is 1.00. The smallest absolute Gasteiger partial charge is 0.125 e. The molecule has 2 saturated carbocycles. The van der Waals surface area contributed by atoms with Gasteiger partial charge in [0.15, 0.2) is 0 Å². The molecule has 4 N–H and O–H groups in total. The van der Waals surface area contributed by atoms with Gasteiger partial charge < -0.3 is 10.6 Å². The Kier molecular flexibility index (Phi) is 7.11. The van der Waals surface area contributed by atoms with E-state index in [1.54, 1.807) is 0 Å². The molecule has 18 heavy (non-hydrogen) atoms. The van der Waals surface area contributed by atoms with Gasteiger partial charge in [-0.1, -0.05) is 38.5 Å². The summed E-state index contributed by atoms with van der Waals surface area (Å²) < 4.78 is 0. The third-order valence-corrected chi connectivity index (χ3v) is 5.02. The summed E-state index contributed by atoms with van der Waals surface area (Å²) >= 11 is 0. The van der Waals surface area contributed by atoms with E-state index in [4.69, 9.17) is 0 Å². The Bertz CT molecular complexity index is 171. The second kappa shape index (κ2) is 8.92. The molecule has 0 spiro atoms. The van der Waals surface area contributed by atoms with Crippen molar-refractivity contribution in [3.63, 3.8) is 0 Å². The first-order valence-electron chi connectivity index (χ1n) is 8.58. The van der Waals surface area contributed by atoms with Crippen molar-refractivity contribution in [2.24, 2.45) is 11.8 Å². The molecule has 2 aliphatic rings. The van der Waals surface area contributed by atoms with Crippen LogP contribution in [0.5, 0.6) is 0 Å². The highest BCUT2D eigenvalue weighted by molar-refractivity contribution is 4.64. The third kappa shape index (κ3) is 5.71. The Morgan fingerprint density at radius 2 is 0.944 bits per heavy atom. The van der Waals surface area contributed by atoms with Crippen molar-refractivity contribution in [2.75, 3.05) is 26.2 Å². The molecule has 0 amide bonds. The molecule has 0 aromatic rings. The Morgan fingerprint density at radius 3 is 1.33 bits per heavy atom. The van der Waals surface area contributed by atoms with Crippen LogP contribution in [-0.4, -0.2) is 26.2 Å². The summed E-state index contributed by atoms with van der Waals surface area (Å²) in [7, 11) is 0. The van der Waals surface area contributed by atoms with Crippen LogP contribution in [0.2, 0.25) is 0 Å². The highest BCUT2D eigenvalue weighted by atomic mass is 14.9.